The molecule has 0 heterocycles. The summed E-state index contributed by atoms with van der Waals surface area (Å²) in [5.74, 6) is 0.304. The van der Waals surface area contributed by atoms with Gasteiger partial charge in [0.15, 0.2) is 5.78 Å². The standard InChI is InChI=1S/C13H20O/c1-3-4-5-6-7-8-12-11(2)9-10-13(12)14/h8-9H,3-7,10H2,1-2H3. The summed E-state index contributed by atoms with van der Waals surface area (Å²) < 4.78 is 0. The molecule has 0 aromatic carbocycles. The lowest BCUT2D eigenvalue weighted by molar-refractivity contribution is -0.114. The lowest BCUT2D eigenvalue weighted by atomic mass is 10.1. The lowest BCUT2D eigenvalue weighted by Crippen LogP contribution is -1.94. The molecule has 0 atom stereocenters. The first-order chi connectivity index (χ1) is 6.75. The van der Waals surface area contributed by atoms with Crippen molar-refractivity contribution in [2.24, 2.45) is 0 Å². The van der Waals surface area contributed by atoms with Crippen molar-refractivity contribution in [3.63, 3.8) is 0 Å². The average molecular weight is 192 g/mol. The molecule has 78 valence electrons. The Morgan fingerprint density at radius 2 is 2.14 bits per heavy atom. The number of rotatable bonds is 5. The van der Waals surface area contributed by atoms with Crippen LogP contribution in [-0.2, 0) is 4.79 Å². The Bertz CT molecular complexity index is 258. The number of allylic oxidation sites excluding steroid dienone is 4. The van der Waals surface area contributed by atoms with E-state index in [-0.39, 0.29) is 0 Å². The first-order valence-corrected chi connectivity index (χ1v) is 5.66. The van der Waals surface area contributed by atoms with Gasteiger partial charge in [-0.05, 0) is 25.3 Å². The Balaban J connectivity index is 2.30. The summed E-state index contributed by atoms with van der Waals surface area (Å²) in [4.78, 5) is 11.4. The van der Waals surface area contributed by atoms with Crippen LogP contribution in [0.2, 0.25) is 0 Å². The smallest absolute Gasteiger partial charge is 0.166 e. The summed E-state index contributed by atoms with van der Waals surface area (Å²) in [6.45, 7) is 4.24. The van der Waals surface area contributed by atoms with E-state index in [4.69, 9.17) is 0 Å². The number of Topliss-reactive ketones (excluding diaryl/α,β-unsaturated/α-hetero) is 1. The van der Waals surface area contributed by atoms with E-state index < -0.39 is 0 Å². The normalized spacial score (nSPS) is 19.1. The topological polar surface area (TPSA) is 17.1 Å². The molecule has 0 aromatic rings. The molecule has 0 spiro atoms. The molecule has 1 heteroatoms. The zero-order valence-corrected chi connectivity index (χ0v) is 9.31. The molecule has 0 aliphatic heterocycles. The first kappa shape index (κ1) is 11.2. The van der Waals surface area contributed by atoms with Crippen LogP contribution in [0.3, 0.4) is 0 Å². The van der Waals surface area contributed by atoms with Crippen molar-refractivity contribution in [3.8, 4) is 0 Å². The van der Waals surface area contributed by atoms with Gasteiger partial charge in [-0.25, -0.2) is 0 Å². The van der Waals surface area contributed by atoms with Gasteiger partial charge in [-0.1, -0.05) is 38.3 Å². The van der Waals surface area contributed by atoms with E-state index in [2.05, 4.69) is 13.0 Å². The Morgan fingerprint density at radius 1 is 1.36 bits per heavy atom. The molecule has 0 bridgehead atoms. The molecule has 0 amide bonds. The summed E-state index contributed by atoms with van der Waals surface area (Å²) in [7, 11) is 0. The van der Waals surface area contributed by atoms with E-state index in [1.54, 1.807) is 0 Å². The molecule has 1 nitrogen and oxygen atoms in total. The monoisotopic (exact) mass is 192 g/mol. The van der Waals surface area contributed by atoms with Crippen LogP contribution in [0.5, 0.6) is 0 Å². The van der Waals surface area contributed by atoms with Crippen molar-refractivity contribution in [1.82, 2.24) is 0 Å². The molecule has 1 rings (SSSR count). The van der Waals surface area contributed by atoms with Gasteiger partial charge in [0.05, 0.1) is 0 Å². The number of carbonyl (C=O) groups is 1. The van der Waals surface area contributed by atoms with Crippen LogP contribution in [0.1, 0.15) is 52.4 Å². The van der Waals surface area contributed by atoms with Crippen molar-refractivity contribution < 1.29 is 4.79 Å². The number of hydrogen-bond acceptors (Lipinski definition) is 1. The molecule has 0 N–H and O–H groups in total. The van der Waals surface area contributed by atoms with E-state index in [9.17, 15) is 4.79 Å². The van der Waals surface area contributed by atoms with Crippen molar-refractivity contribution in [2.75, 3.05) is 0 Å². The molecule has 0 aromatic heterocycles. The summed E-state index contributed by atoms with van der Waals surface area (Å²) >= 11 is 0. The number of carbonyl (C=O) groups excluding carboxylic acids is 1. The van der Waals surface area contributed by atoms with Gasteiger partial charge in [-0.2, -0.15) is 0 Å². The Kier molecular flexibility index (Phi) is 4.64. The minimum atomic E-state index is 0.304. The summed E-state index contributed by atoms with van der Waals surface area (Å²) in [6.07, 6.45) is 10.9. The van der Waals surface area contributed by atoms with Gasteiger partial charge in [-0.3, -0.25) is 4.79 Å². The highest BCUT2D eigenvalue weighted by atomic mass is 16.1. The van der Waals surface area contributed by atoms with E-state index in [0.29, 0.717) is 12.2 Å². The molecule has 1 aliphatic rings. The van der Waals surface area contributed by atoms with Crippen LogP contribution in [0.4, 0.5) is 0 Å². The maximum absolute atomic E-state index is 11.4. The minimum Gasteiger partial charge on any atom is -0.294 e. The van der Waals surface area contributed by atoms with E-state index in [1.807, 2.05) is 13.0 Å². The largest absolute Gasteiger partial charge is 0.294 e. The zero-order valence-electron chi connectivity index (χ0n) is 9.31. The van der Waals surface area contributed by atoms with Crippen molar-refractivity contribution >= 4 is 5.78 Å². The lowest BCUT2D eigenvalue weighted by Gasteiger charge is -1.99. The molecule has 0 unspecified atom stereocenters. The van der Waals surface area contributed by atoms with Gasteiger partial charge < -0.3 is 0 Å². The van der Waals surface area contributed by atoms with E-state index >= 15 is 0 Å². The van der Waals surface area contributed by atoms with Crippen LogP contribution in [0, 0.1) is 0 Å². The van der Waals surface area contributed by atoms with Gasteiger partial charge in [0, 0.05) is 12.0 Å². The summed E-state index contributed by atoms with van der Waals surface area (Å²) in [6, 6.07) is 0. The predicted molar refractivity (Wildman–Crippen MR) is 60.2 cm³/mol. The molecule has 0 saturated heterocycles. The average Bonchev–Trinajstić information content (AvgIpc) is 2.48. The van der Waals surface area contributed by atoms with Crippen molar-refractivity contribution in [3.05, 3.63) is 23.3 Å². The summed E-state index contributed by atoms with van der Waals surface area (Å²) in [5.41, 5.74) is 2.15. The van der Waals surface area contributed by atoms with Gasteiger partial charge in [0.25, 0.3) is 0 Å². The third-order valence-corrected chi connectivity index (χ3v) is 2.73. The van der Waals surface area contributed by atoms with Gasteiger partial charge in [0.2, 0.25) is 0 Å². The Labute approximate surface area is 86.9 Å². The molecular formula is C13H20O. The van der Waals surface area contributed by atoms with Crippen LogP contribution in [-0.4, -0.2) is 5.78 Å². The Morgan fingerprint density at radius 3 is 2.71 bits per heavy atom. The van der Waals surface area contributed by atoms with Gasteiger partial charge in [-0.15, -0.1) is 0 Å². The van der Waals surface area contributed by atoms with Gasteiger partial charge in [0.1, 0.15) is 0 Å². The van der Waals surface area contributed by atoms with Crippen LogP contribution in [0.25, 0.3) is 0 Å². The van der Waals surface area contributed by atoms with Crippen molar-refractivity contribution in [1.29, 1.82) is 0 Å². The first-order valence-electron chi connectivity index (χ1n) is 5.66. The van der Waals surface area contributed by atoms with Crippen molar-refractivity contribution in [2.45, 2.75) is 52.4 Å². The van der Waals surface area contributed by atoms with E-state index in [0.717, 1.165) is 12.0 Å². The SMILES string of the molecule is CCCCCCC=C1C(=O)CC=C1C. The van der Waals surface area contributed by atoms with Crippen LogP contribution >= 0.6 is 0 Å². The number of hydrogen-bond donors (Lipinski definition) is 0. The van der Waals surface area contributed by atoms with Crippen LogP contribution in [0.15, 0.2) is 23.3 Å². The maximum atomic E-state index is 11.4. The zero-order chi connectivity index (χ0) is 10.4. The highest BCUT2D eigenvalue weighted by molar-refractivity contribution is 6.03. The second kappa shape index (κ2) is 5.79. The Hall–Kier alpha value is -0.850. The quantitative estimate of drug-likeness (QED) is 0.478. The molecule has 0 radical (unpaired) electrons. The van der Waals surface area contributed by atoms with Crippen LogP contribution < -0.4 is 0 Å². The molecular weight excluding hydrogens is 172 g/mol. The fourth-order valence-electron chi connectivity index (χ4n) is 1.78. The summed E-state index contributed by atoms with van der Waals surface area (Å²) in [5, 5.41) is 0. The number of unbranched alkanes of at least 4 members (excludes halogenated alkanes) is 4. The van der Waals surface area contributed by atoms with Gasteiger partial charge >= 0.3 is 0 Å². The molecule has 0 fully saturated rings. The third kappa shape index (κ3) is 3.13. The second-order valence-corrected chi connectivity index (χ2v) is 3.98. The predicted octanol–water partition coefficient (Wildman–Crippen LogP) is 3.80. The third-order valence-electron chi connectivity index (χ3n) is 2.73. The van der Waals surface area contributed by atoms with E-state index in [1.165, 1.54) is 31.3 Å². The highest BCUT2D eigenvalue weighted by Gasteiger charge is 2.15. The maximum Gasteiger partial charge on any atom is 0.166 e. The highest BCUT2D eigenvalue weighted by Crippen LogP contribution is 2.21. The molecule has 0 saturated carbocycles. The second-order valence-electron chi connectivity index (χ2n) is 3.98. The minimum absolute atomic E-state index is 0.304. The fraction of sp³-hybridized carbons (Fsp3) is 0.615. The fourth-order valence-corrected chi connectivity index (χ4v) is 1.78. The number of ketones is 1. The molecule has 14 heavy (non-hydrogen) atoms. The molecule has 1 aliphatic carbocycles.